The van der Waals surface area contributed by atoms with Crippen LogP contribution < -0.4 is 4.74 Å². The van der Waals surface area contributed by atoms with Crippen LogP contribution in [0.4, 0.5) is 0 Å². The Morgan fingerprint density at radius 2 is 1.95 bits per heavy atom. The van der Waals surface area contributed by atoms with Crippen molar-refractivity contribution < 1.29 is 14.6 Å². The highest BCUT2D eigenvalue weighted by Gasteiger charge is 2.32. The molecule has 0 saturated carbocycles. The first-order valence-electron chi connectivity index (χ1n) is 6.93. The van der Waals surface area contributed by atoms with Gasteiger partial charge in [-0.2, -0.15) is 0 Å². The fourth-order valence-electron chi connectivity index (χ4n) is 2.73. The Labute approximate surface area is 115 Å². The molecule has 1 unspecified atom stereocenters. The van der Waals surface area contributed by atoms with E-state index in [-0.39, 0.29) is 18.3 Å². The van der Waals surface area contributed by atoms with Crippen LogP contribution in [0.15, 0.2) is 12.1 Å². The second kappa shape index (κ2) is 5.51. The van der Waals surface area contributed by atoms with Gasteiger partial charge in [-0.05, 0) is 57.2 Å². The van der Waals surface area contributed by atoms with Crippen molar-refractivity contribution in [3.63, 3.8) is 0 Å². The molecule has 1 heterocycles. The molecule has 3 nitrogen and oxygen atoms in total. The summed E-state index contributed by atoms with van der Waals surface area (Å²) in [5, 5.41) is 9.18. The number of hydrogen-bond acceptors (Lipinski definition) is 3. The minimum atomic E-state index is -0.0150. The average Bonchev–Trinajstić information content (AvgIpc) is 2.67. The summed E-state index contributed by atoms with van der Waals surface area (Å²) in [5.41, 5.74) is 3.06. The van der Waals surface area contributed by atoms with Crippen LogP contribution in [0.3, 0.4) is 0 Å². The summed E-state index contributed by atoms with van der Waals surface area (Å²) in [6.45, 7) is 8.95. The van der Waals surface area contributed by atoms with Crippen LogP contribution in [0.1, 0.15) is 43.4 Å². The summed E-state index contributed by atoms with van der Waals surface area (Å²) in [7, 11) is 0. The molecule has 19 heavy (non-hydrogen) atoms. The molecule has 0 spiro atoms. The van der Waals surface area contributed by atoms with E-state index >= 15 is 0 Å². The van der Waals surface area contributed by atoms with Crippen LogP contribution in [0, 0.1) is 13.8 Å². The number of aryl methyl sites for hydroxylation is 2. The van der Waals surface area contributed by atoms with E-state index in [9.17, 15) is 5.11 Å². The van der Waals surface area contributed by atoms with Crippen LogP contribution in [-0.2, 0) is 11.3 Å². The minimum absolute atomic E-state index is 0.0150. The highest BCUT2D eigenvalue weighted by Crippen LogP contribution is 2.31. The fourth-order valence-corrected chi connectivity index (χ4v) is 2.73. The third-order valence-electron chi connectivity index (χ3n) is 3.67. The predicted molar refractivity (Wildman–Crippen MR) is 75.5 cm³/mol. The summed E-state index contributed by atoms with van der Waals surface area (Å²) < 4.78 is 11.9. The maximum Gasteiger partial charge on any atom is 0.125 e. The van der Waals surface area contributed by atoms with Crippen molar-refractivity contribution >= 4 is 0 Å². The molecule has 1 N–H and O–H groups in total. The van der Waals surface area contributed by atoms with Gasteiger partial charge >= 0.3 is 0 Å². The molecule has 1 aliphatic rings. The van der Waals surface area contributed by atoms with Crippen molar-refractivity contribution in [3.8, 4) is 5.75 Å². The lowest BCUT2D eigenvalue weighted by Crippen LogP contribution is -2.24. The van der Waals surface area contributed by atoms with Crippen LogP contribution in [0.2, 0.25) is 0 Å². The Kier molecular flexibility index (Phi) is 4.16. The Morgan fingerprint density at radius 1 is 1.32 bits per heavy atom. The molecular weight excluding hydrogens is 240 g/mol. The molecule has 2 rings (SSSR count). The largest absolute Gasteiger partial charge is 0.490 e. The van der Waals surface area contributed by atoms with Crippen LogP contribution >= 0.6 is 0 Å². The lowest BCUT2D eigenvalue weighted by Gasteiger charge is -2.20. The number of hydrogen-bond donors (Lipinski definition) is 1. The van der Waals surface area contributed by atoms with Gasteiger partial charge < -0.3 is 14.6 Å². The lowest BCUT2D eigenvalue weighted by atomic mass is 10.1. The maximum atomic E-state index is 9.18. The van der Waals surface area contributed by atoms with Gasteiger partial charge in [-0.1, -0.05) is 12.1 Å². The molecule has 1 aromatic carbocycles. The van der Waals surface area contributed by atoms with E-state index < -0.39 is 0 Å². The molecule has 0 aliphatic carbocycles. The Morgan fingerprint density at radius 3 is 2.42 bits per heavy atom. The summed E-state index contributed by atoms with van der Waals surface area (Å²) in [6.07, 6.45) is 2.33. The second-order valence-electron chi connectivity index (χ2n) is 6.07. The van der Waals surface area contributed by atoms with Gasteiger partial charge in [0.05, 0.1) is 18.3 Å². The summed E-state index contributed by atoms with van der Waals surface area (Å²) in [5.74, 6) is 0.922. The van der Waals surface area contributed by atoms with Crippen molar-refractivity contribution in [1.82, 2.24) is 0 Å². The third kappa shape index (κ3) is 3.48. The van der Waals surface area contributed by atoms with Gasteiger partial charge in [0.1, 0.15) is 12.4 Å². The average molecular weight is 264 g/mol. The molecule has 0 amide bonds. The quantitative estimate of drug-likeness (QED) is 0.908. The van der Waals surface area contributed by atoms with Crippen molar-refractivity contribution in [2.75, 3.05) is 6.61 Å². The fraction of sp³-hybridized carbons (Fsp3) is 0.625. The molecule has 106 valence electrons. The molecule has 1 fully saturated rings. The molecule has 0 bridgehead atoms. The number of benzene rings is 1. The highest BCUT2D eigenvalue weighted by atomic mass is 16.6. The van der Waals surface area contributed by atoms with Gasteiger partial charge in [-0.15, -0.1) is 0 Å². The summed E-state index contributed by atoms with van der Waals surface area (Å²) in [6, 6.07) is 3.95. The van der Waals surface area contributed by atoms with Crippen molar-refractivity contribution in [2.45, 2.75) is 58.8 Å². The van der Waals surface area contributed by atoms with E-state index in [0.29, 0.717) is 6.61 Å². The second-order valence-corrected chi connectivity index (χ2v) is 6.07. The lowest BCUT2D eigenvalue weighted by molar-refractivity contribution is -0.0328. The van der Waals surface area contributed by atoms with Crippen molar-refractivity contribution in [1.29, 1.82) is 0 Å². The first-order valence-corrected chi connectivity index (χ1v) is 6.93. The molecular formula is C16H24O3. The standard InChI is InChI=1S/C16H24O3/c1-11-7-13(9-17)8-12(2)15(11)18-10-14-5-6-16(3,4)19-14/h7-8,14,17H,5-6,9-10H2,1-4H3. The minimum Gasteiger partial charge on any atom is -0.490 e. The zero-order valence-electron chi connectivity index (χ0n) is 12.3. The molecule has 1 aromatic rings. The summed E-state index contributed by atoms with van der Waals surface area (Å²) in [4.78, 5) is 0. The number of aliphatic hydroxyl groups is 1. The zero-order chi connectivity index (χ0) is 14.0. The predicted octanol–water partition coefficient (Wildman–Crippen LogP) is 3.13. The highest BCUT2D eigenvalue weighted by molar-refractivity contribution is 5.43. The van der Waals surface area contributed by atoms with Crippen LogP contribution in [0.5, 0.6) is 5.75 Å². The monoisotopic (exact) mass is 264 g/mol. The van der Waals surface area contributed by atoms with E-state index in [0.717, 1.165) is 35.3 Å². The van der Waals surface area contributed by atoms with Gasteiger partial charge in [-0.25, -0.2) is 0 Å². The van der Waals surface area contributed by atoms with Gasteiger partial charge in [0, 0.05) is 0 Å². The number of ether oxygens (including phenoxy) is 2. The Bertz CT molecular complexity index is 428. The summed E-state index contributed by atoms with van der Waals surface area (Å²) >= 11 is 0. The van der Waals surface area contributed by atoms with E-state index in [1.54, 1.807) is 0 Å². The molecule has 1 atom stereocenters. The Hall–Kier alpha value is -1.06. The van der Waals surface area contributed by atoms with Gasteiger partial charge in [0.15, 0.2) is 0 Å². The van der Waals surface area contributed by atoms with Crippen molar-refractivity contribution in [3.05, 3.63) is 28.8 Å². The van der Waals surface area contributed by atoms with Gasteiger partial charge in [-0.3, -0.25) is 0 Å². The van der Waals surface area contributed by atoms with Gasteiger partial charge in [0.25, 0.3) is 0 Å². The smallest absolute Gasteiger partial charge is 0.125 e. The van der Waals surface area contributed by atoms with E-state index in [1.807, 2.05) is 26.0 Å². The first-order chi connectivity index (χ1) is 8.91. The zero-order valence-corrected chi connectivity index (χ0v) is 12.3. The Balaban J connectivity index is 2.00. The normalized spacial score (nSPS) is 21.6. The number of rotatable bonds is 4. The first kappa shape index (κ1) is 14.4. The molecule has 0 aromatic heterocycles. The van der Waals surface area contributed by atoms with E-state index in [2.05, 4.69) is 13.8 Å². The van der Waals surface area contributed by atoms with Crippen molar-refractivity contribution in [2.24, 2.45) is 0 Å². The van der Waals surface area contributed by atoms with Crippen LogP contribution in [-0.4, -0.2) is 23.4 Å². The number of aliphatic hydroxyl groups excluding tert-OH is 1. The molecule has 1 aliphatic heterocycles. The molecule has 1 saturated heterocycles. The SMILES string of the molecule is Cc1cc(CO)cc(C)c1OCC1CCC(C)(C)O1. The van der Waals surface area contributed by atoms with E-state index in [1.165, 1.54) is 0 Å². The third-order valence-corrected chi connectivity index (χ3v) is 3.67. The van der Waals surface area contributed by atoms with Crippen LogP contribution in [0.25, 0.3) is 0 Å². The van der Waals surface area contributed by atoms with E-state index in [4.69, 9.17) is 9.47 Å². The maximum absolute atomic E-state index is 9.18. The topological polar surface area (TPSA) is 38.7 Å². The molecule has 0 radical (unpaired) electrons. The van der Waals surface area contributed by atoms with Gasteiger partial charge in [0.2, 0.25) is 0 Å². The molecule has 3 heteroatoms.